The molecule has 1 fully saturated rings. The molecule has 1 saturated heterocycles. The summed E-state index contributed by atoms with van der Waals surface area (Å²) in [5, 5.41) is 8.74. The Morgan fingerprint density at radius 3 is 3.00 bits per heavy atom. The molecule has 1 rings (SSSR count). The summed E-state index contributed by atoms with van der Waals surface area (Å²) in [6.07, 6.45) is 3.32. The third kappa shape index (κ3) is 3.52. The first kappa shape index (κ1) is 9.96. The van der Waals surface area contributed by atoms with Crippen molar-refractivity contribution >= 4 is 0 Å². The van der Waals surface area contributed by atoms with Crippen molar-refractivity contribution in [1.29, 1.82) is 0 Å². The molecule has 0 aromatic carbocycles. The van der Waals surface area contributed by atoms with Gasteiger partial charge in [-0.15, -0.1) is 0 Å². The molecule has 0 bridgehead atoms. The Labute approximate surface area is 73.7 Å². The molecule has 0 aliphatic carbocycles. The maximum atomic E-state index is 8.74. The maximum absolute atomic E-state index is 8.74. The van der Waals surface area contributed by atoms with Crippen molar-refractivity contribution < 1.29 is 14.6 Å². The predicted octanol–water partition coefficient (Wildman–Crippen LogP) is 1.16. The summed E-state index contributed by atoms with van der Waals surface area (Å²) >= 11 is 0. The largest absolute Gasteiger partial charge is 0.396 e. The van der Waals surface area contributed by atoms with E-state index in [1.165, 1.54) is 6.42 Å². The molecule has 0 unspecified atom stereocenters. The highest BCUT2D eigenvalue weighted by Gasteiger charge is 2.14. The van der Waals surface area contributed by atoms with E-state index in [-0.39, 0.29) is 18.8 Å². The summed E-state index contributed by atoms with van der Waals surface area (Å²) in [4.78, 5) is 0. The fourth-order valence-electron chi connectivity index (χ4n) is 1.17. The summed E-state index contributed by atoms with van der Waals surface area (Å²) in [5.74, 6) is 0.218. The fraction of sp³-hybridized carbons (Fsp3) is 1.00. The summed E-state index contributed by atoms with van der Waals surface area (Å²) in [7, 11) is 0. The molecule has 0 saturated carbocycles. The predicted molar refractivity (Wildman–Crippen MR) is 45.8 cm³/mol. The van der Waals surface area contributed by atoms with Crippen molar-refractivity contribution in [1.82, 2.24) is 0 Å². The molecule has 0 aromatic heterocycles. The highest BCUT2D eigenvalue weighted by atomic mass is 16.7. The quantitative estimate of drug-likeness (QED) is 0.695. The van der Waals surface area contributed by atoms with Crippen LogP contribution in [-0.2, 0) is 9.47 Å². The Bertz CT molecular complexity index is 110. The normalized spacial score (nSPS) is 27.0. The van der Waals surface area contributed by atoms with Gasteiger partial charge >= 0.3 is 0 Å². The number of rotatable bonds is 4. The molecule has 3 heteroatoms. The van der Waals surface area contributed by atoms with Crippen LogP contribution in [0.2, 0.25) is 0 Å². The second kappa shape index (κ2) is 5.51. The molecule has 12 heavy (non-hydrogen) atoms. The fourth-order valence-corrected chi connectivity index (χ4v) is 1.17. The Morgan fingerprint density at radius 2 is 2.42 bits per heavy atom. The van der Waals surface area contributed by atoms with Crippen LogP contribution >= 0.6 is 0 Å². The Kier molecular flexibility index (Phi) is 4.58. The summed E-state index contributed by atoms with van der Waals surface area (Å²) in [5.41, 5.74) is 0. The van der Waals surface area contributed by atoms with E-state index in [9.17, 15) is 0 Å². The first-order valence-electron chi connectivity index (χ1n) is 4.67. The average Bonchev–Trinajstić information content (AvgIpc) is 2.16. The van der Waals surface area contributed by atoms with Gasteiger partial charge in [0.15, 0.2) is 6.29 Å². The van der Waals surface area contributed by atoms with Gasteiger partial charge in [-0.1, -0.05) is 6.92 Å². The Hall–Kier alpha value is -0.120. The molecule has 3 nitrogen and oxygen atoms in total. The van der Waals surface area contributed by atoms with Crippen molar-refractivity contribution in [2.45, 2.75) is 32.5 Å². The molecule has 1 aliphatic heterocycles. The van der Waals surface area contributed by atoms with Crippen molar-refractivity contribution in [3.8, 4) is 0 Å². The zero-order valence-electron chi connectivity index (χ0n) is 7.66. The monoisotopic (exact) mass is 174 g/mol. The standard InChI is InChI=1S/C9H18O3/c1-8(6-10)7-12-9-4-2-3-5-11-9/h8-10H,2-7H2,1H3/t8-,9+/m0/s1. The lowest BCUT2D eigenvalue weighted by atomic mass is 10.2. The van der Waals surface area contributed by atoms with Crippen LogP contribution in [0.1, 0.15) is 26.2 Å². The van der Waals surface area contributed by atoms with Gasteiger partial charge < -0.3 is 14.6 Å². The topological polar surface area (TPSA) is 38.7 Å². The van der Waals surface area contributed by atoms with E-state index in [0.29, 0.717) is 6.61 Å². The lowest BCUT2D eigenvalue weighted by Gasteiger charge is -2.23. The second-order valence-electron chi connectivity index (χ2n) is 3.42. The number of ether oxygens (including phenoxy) is 2. The van der Waals surface area contributed by atoms with Gasteiger partial charge in [0.1, 0.15) is 0 Å². The first-order chi connectivity index (χ1) is 5.83. The van der Waals surface area contributed by atoms with Crippen LogP contribution in [0.25, 0.3) is 0 Å². The van der Waals surface area contributed by atoms with Gasteiger partial charge in [0.2, 0.25) is 0 Å². The number of aliphatic hydroxyl groups excluding tert-OH is 1. The Morgan fingerprint density at radius 1 is 1.58 bits per heavy atom. The summed E-state index contributed by atoms with van der Waals surface area (Å²) < 4.78 is 10.8. The maximum Gasteiger partial charge on any atom is 0.157 e. The molecule has 0 spiro atoms. The van der Waals surface area contributed by atoms with Crippen LogP contribution in [0.15, 0.2) is 0 Å². The zero-order valence-corrected chi connectivity index (χ0v) is 7.66. The van der Waals surface area contributed by atoms with E-state index >= 15 is 0 Å². The van der Waals surface area contributed by atoms with Crippen LogP contribution in [0.4, 0.5) is 0 Å². The number of hydrogen-bond donors (Lipinski definition) is 1. The molecule has 72 valence electrons. The number of aliphatic hydroxyl groups is 1. The highest BCUT2D eigenvalue weighted by Crippen LogP contribution is 2.14. The summed E-state index contributed by atoms with van der Waals surface area (Å²) in [6, 6.07) is 0. The van der Waals surface area contributed by atoms with Crippen LogP contribution in [-0.4, -0.2) is 31.2 Å². The molecule has 1 N–H and O–H groups in total. The minimum absolute atomic E-state index is 0.0206. The molecular formula is C9H18O3. The van der Waals surface area contributed by atoms with E-state index in [1.807, 2.05) is 6.92 Å². The third-order valence-electron chi connectivity index (χ3n) is 2.02. The van der Waals surface area contributed by atoms with Gasteiger partial charge in [0.05, 0.1) is 6.61 Å². The summed E-state index contributed by atoms with van der Waals surface area (Å²) in [6.45, 7) is 3.56. The molecule has 0 amide bonds. The minimum Gasteiger partial charge on any atom is -0.396 e. The number of hydrogen-bond acceptors (Lipinski definition) is 3. The van der Waals surface area contributed by atoms with Gasteiger partial charge in [-0.25, -0.2) is 0 Å². The van der Waals surface area contributed by atoms with Crippen molar-refractivity contribution in [2.75, 3.05) is 19.8 Å². The molecule has 0 radical (unpaired) electrons. The molecule has 1 heterocycles. The zero-order chi connectivity index (χ0) is 8.81. The average molecular weight is 174 g/mol. The van der Waals surface area contributed by atoms with Crippen LogP contribution in [0.3, 0.4) is 0 Å². The van der Waals surface area contributed by atoms with Gasteiger partial charge in [0.25, 0.3) is 0 Å². The smallest absolute Gasteiger partial charge is 0.157 e. The van der Waals surface area contributed by atoms with Crippen molar-refractivity contribution in [2.24, 2.45) is 5.92 Å². The van der Waals surface area contributed by atoms with E-state index in [0.717, 1.165) is 19.4 Å². The third-order valence-corrected chi connectivity index (χ3v) is 2.02. The second-order valence-corrected chi connectivity index (χ2v) is 3.42. The van der Waals surface area contributed by atoms with E-state index in [1.54, 1.807) is 0 Å². The van der Waals surface area contributed by atoms with Gasteiger partial charge in [0, 0.05) is 19.1 Å². The SMILES string of the molecule is C[C@@H](CO)CO[C@@H]1CCCCO1. The van der Waals surface area contributed by atoms with Crippen LogP contribution in [0.5, 0.6) is 0 Å². The van der Waals surface area contributed by atoms with Crippen molar-refractivity contribution in [3.05, 3.63) is 0 Å². The molecule has 2 atom stereocenters. The Balaban J connectivity index is 2.05. The molecule has 0 aromatic rings. The van der Waals surface area contributed by atoms with Gasteiger partial charge in [-0.3, -0.25) is 0 Å². The van der Waals surface area contributed by atoms with Crippen LogP contribution in [0, 0.1) is 5.92 Å². The van der Waals surface area contributed by atoms with E-state index in [4.69, 9.17) is 14.6 Å². The lowest BCUT2D eigenvalue weighted by Crippen LogP contribution is -2.25. The minimum atomic E-state index is -0.0206. The lowest BCUT2D eigenvalue weighted by molar-refractivity contribution is -0.169. The first-order valence-corrected chi connectivity index (χ1v) is 4.67. The van der Waals surface area contributed by atoms with Crippen molar-refractivity contribution in [3.63, 3.8) is 0 Å². The van der Waals surface area contributed by atoms with E-state index < -0.39 is 0 Å². The highest BCUT2D eigenvalue weighted by molar-refractivity contribution is 4.55. The van der Waals surface area contributed by atoms with E-state index in [2.05, 4.69) is 0 Å². The van der Waals surface area contributed by atoms with Crippen LogP contribution < -0.4 is 0 Å². The molecule has 1 aliphatic rings. The molecular weight excluding hydrogens is 156 g/mol. The van der Waals surface area contributed by atoms with Gasteiger partial charge in [-0.2, -0.15) is 0 Å². The van der Waals surface area contributed by atoms with Gasteiger partial charge in [-0.05, 0) is 19.3 Å².